The largest absolute Gasteiger partial charge is 0.506 e. The Hall–Kier alpha value is -2.79. The SMILES string of the molecule is Cc1ncc2c(N[C@@H]3c4ccc(Cl)c(O)c4C(C)(C)C[C@@]3(O)C(F)(F)C(F)(F)F)cc(F)cc2n1. The fourth-order valence-corrected chi connectivity index (χ4v) is 5.01. The van der Waals surface area contributed by atoms with Gasteiger partial charge in [-0.15, -0.1) is 0 Å². The lowest BCUT2D eigenvalue weighted by atomic mass is 9.61. The van der Waals surface area contributed by atoms with E-state index in [2.05, 4.69) is 15.3 Å². The van der Waals surface area contributed by atoms with Crippen molar-refractivity contribution >= 4 is 28.2 Å². The summed E-state index contributed by atoms with van der Waals surface area (Å²) in [6.45, 7) is 4.15. The lowest BCUT2D eigenvalue weighted by Crippen LogP contribution is -2.65. The van der Waals surface area contributed by atoms with Gasteiger partial charge >= 0.3 is 12.1 Å². The highest BCUT2D eigenvalue weighted by molar-refractivity contribution is 6.32. The Kier molecular flexibility index (Phi) is 5.68. The van der Waals surface area contributed by atoms with Gasteiger partial charge in [0.05, 0.1) is 16.6 Å². The van der Waals surface area contributed by atoms with E-state index < -0.39 is 47.1 Å². The van der Waals surface area contributed by atoms with E-state index in [1.165, 1.54) is 27.0 Å². The third-order valence-electron chi connectivity index (χ3n) is 6.32. The molecule has 0 amide bonds. The number of nitrogens with one attached hydrogen (secondary N) is 1. The van der Waals surface area contributed by atoms with Crippen LogP contribution in [0.1, 0.15) is 43.3 Å². The van der Waals surface area contributed by atoms with Crippen molar-refractivity contribution in [1.29, 1.82) is 0 Å². The molecule has 1 aromatic heterocycles. The quantitative estimate of drug-likeness (QED) is 0.359. The molecule has 188 valence electrons. The zero-order chi connectivity index (χ0) is 26.1. The predicted molar refractivity (Wildman–Crippen MR) is 117 cm³/mol. The topological polar surface area (TPSA) is 78.3 Å². The van der Waals surface area contributed by atoms with Crippen molar-refractivity contribution in [3.8, 4) is 5.75 Å². The number of anilines is 1. The van der Waals surface area contributed by atoms with Crippen molar-refractivity contribution in [3.63, 3.8) is 0 Å². The third-order valence-corrected chi connectivity index (χ3v) is 6.63. The van der Waals surface area contributed by atoms with Gasteiger partial charge in [0.1, 0.15) is 17.4 Å². The maximum absolute atomic E-state index is 15.0. The number of phenolic OH excluding ortho intramolecular Hbond substituents is 1. The molecule has 3 aromatic rings. The van der Waals surface area contributed by atoms with Crippen molar-refractivity contribution in [2.45, 2.75) is 56.3 Å². The number of hydrogen-bond acceptors (Lipinski definition) is 5. The van der Waals surface area contributed by atoms with Crippen LogP contribution in [-0.4, -0.2) is 37.9 Å². The molecule has 35 heavy (non-hydrogen) atoms. The number of phenols is 1. The number of nitrogens with zero attached hydrogens (tertiary/aromatic N) is 2. The summed E-state index contributed by atoms with van der Waals surface area (Å²) in [5, 5.41) is 24.3. The molecule has 0 saturated heterocycles. The summed E-state index contributed by atoms with van der Waals surface area (Å²) < 4.78 is 85.3. The molecule has 0 fully saturated rings. The Bertz CT molecular complexity index is 1330. The molecular weight excluding hydrogens is 500 g/mol. The molecule has 0 saturated carbocycles. The van der Waals surface area contributed by atoms with E-state index in [4.69, 9.17) is 11.6 Å². The van der Waals surface area contributed by atoms with Gasteiger partial charge < -0.3 is 15.5 Å². The maximum Gasteiger partial charge on any atom is 0.456 e. The van der Waals surface area contributed by atoms with Gasteiger partial charge in [0, 0.05) is 28.9 Å². The number of aryl methyl sites for hydroxylation is 1. The Balaban J connectivity index is 2.02. The lowest BCUT2D eigenvalue weighted by molar-refractivity contribution is -0.349. The number of aliphatic hydroxyl groups is 1. The Morgan fingerprint density at radius 1 is 1.14 bits per heavy atom. The summed E-state index contributed by atoms with van der Waals surface area (Å²) in [5.41, 5.74) is -5.72. The molecule has 1 aliphatic rings. The normalized spacial score (nSPS) is 22.2. The molecule has 2 aromatic carbocycles. The van der Waals surface area contributed by atoms with Crippen LogP contribution in [0.2, 0.25) is 5.02 Å². The van der Waals surface area contributed by atoms with Crippen LogP contribution in [-0.2, 0) is 5.41 Å². The summed E-state index contributed by atoms with van der Waals surface area (Å²) in [4.78, 5) is 8.06. The number of fused-ring (bicyclic) bond motifs is 2. The highest BCUT2D eigenvalue weighted by Crippen LogP contribution is 2.60. The summed E-state index contributed by atoms with van der Waals surface area (Å²) >= 11 is 6.00. The molecule has 1 heterocycles. The van der Waals surface area contributed by atoms with Crippen molar-refractivity contribution in [1.82, 2.24) is 9.97 Å². The second-order valence-electron chi connectivity index (χ2n) is 9.30. The van der Waals surface area contributed by atoms with Gasteiger partial charge in [0.2, 0.25) is 0 Å². The van der Waals surface area contributed by atoms with Gasteiger partial charge in [-0.1, -0.05) is 31.5 Å². The van der Waals surface area contributed by atoms with Crippen molar-refractivity contribution in [2.75, 3.05) is 5.32 Å². The Labute approximate surface area is 200 Å². The number of aromatic hydroxyl groups is 1. The number of rotatable bonds is 3. The van der Waals surface area contributed by atoms with Crippen LogP contribution in [0.4, 0.5) is 32.0 Å². The van der Waals surface area contributed by atoms with E-state index in [9.17, 15) is 27.8 Å². The Morgan fingerprint density at radius 3 is 2.43 bits per heavy atom. The number of hydrogen-bond donors (Lipinski definition) is 3. The number of alkyl halides is 5. The minimum absolute atomic E-state index is 0.0158. The standard InChI is InChI=1S/C23H20ClF6N3O2/c1-10-31-8-13-15(32-10)6-11(25)7-16(13)33-19-12-4-5-14(24)18(34)17(12)20(2,3)9-21(19,35)22(26,27)23(28,29)30/h4-8,19,33-35H,9H2,1-3H3/t19-,21+/m1/s1. The third kappa shape index (κ3) is 3.85. The first kappa shape index (κ1) is 25.3. The molecule has 12 heteroatoms. The van der Waals surface area contributed by atoms with E-state index in [-0.39, 0.29) is 38.6 Å². The average molecular weight is 520 g/mol. The monoisotopic (exact) mass is 519 g/mol. The Morgan fingerprint density at radius 2 is 1.80 bits per heavy atom. The van der Waals surface area contributed by atoms with E-state index in [1.807, 2.05) is 0 Å². The van der Waals surface area contributed by atoms with Crippen LogP contribution in [0, 0.1) is 12.7 Å². The van der Waals surface area contributed by atoms with Crippen molar-refractivity contribution in [3.05, 3.63) is 58.3 Å². The number of benzene rings is 2. The van der Waals surface area contributed by atoms with Crippen LogP contribution < -0.4 is 5.32 Å². The van der Waals surface area contributed by atoms with Gasteiger partial charge in [-0.25, -0.2) is 14.4 Å². The maximum atomic E-state index is 15.0. The van der Waals surface area contributed by atoms with E-state index in [0.29, 0.717) is 0 Å². The zero-order valence-corrected chi connectivity index (χ0v) is 19.4. The highest BCUT2D eigenvalue weighted by atomic mass is 35.5. The molecule has 3 N–H and O–H groups in total. The van der Waals surface area contributed by atoms with Crippen LogP contribution in [0.15, 0.2) is 30.5 Å². The first-order valence-corrected chi connectivity index (χ1v) is 10.8. The van der Waals surface area contributed by atoms with Gasteiger partial charge in [-0.2, -0.15) is 22.0 Å². The molecular formula is C23H20ClF6N3O2. The van der Waals surface area contributed by atoms with Gasteiger partial charge in [-0.05, 0) is 36.5 Å². The lowest BCUT2D eigenvalue weighted by Gasteiger charge is -2.51. The highest BCUT2D eigenvalue weighted by Gasteiger charge is 2.74. The summed E-state index contributed by atoms with van der Waals surface area (Å²) in [6.07, 6.45) is -5.98. The molecule has 0 bridgehead atoms. The minimum Gasteiger partial charge on any atom is -0.506 e. The minimum atomic E-state index is -6.12. The molecule has 2 atom stereocenters. The second-order valence-corrected chi connectivity index (χ2v) is 9.71. The molecule has 0 unspecified atom stereocenters. The summed E-state index contributed by atoms with van der Waals surface area (Å²) in [6, 6.07) is 2.05. The van der Waals surface area contributed by atoms with E-state index in [0.717, 1.165) is 24.3 Å². The van der Waals surface area contributed by atoms with E-state index >= 15 is 8.78 Å². The zero-order valence-electron chi connectivity index (χ0n) is 18.6. The first-order valence-electron chi connectivity index (χ1n) is 10.4. The molecule has 1 aliphatic carbocycles. The summed E-state index contributed by atoms with van der Waals surface area (Å²) in [5.74, 6) is -6.68. The molecule has 0 aliphatic heterocycles. The van der Waals surface area contributed by atoms with Crippen LogP contribution in [0.25, 0.3) is 10.9 Å². The van der Waals surface area contributed by atoms with Crippen molar-refractivity contribution in [2.24, 2.45) is 0 Å². The number of aromatic nitrogens is 2. The smallest absolute Gasteiger partial charge is 0.456 e. The van der Waals surface area contributed by atoms with Gasteiger partial charge in [0.25, 0.3) is 0 Å². The van der Waals surface area contributed by atoms with Crippen LogP contribution in [0.3, 0.4) is 0 Å². The average Bonchev–Trinajstić information content (AvgIpc) is 2.71. The van der Waals surface area contributed by atoms with Gasteiger partial charge in [0.15, 0.2) is 5.60 Å². The van der Waals surface area contributed by atoms with Crippen molar-refractivity contribution < 1.29 is 36.6 Å². The molecule has 4 rings (SSSR count). The fourth-order valence-electron chi connectivity index (χ4n) is 4.86. The van der Waals surface area contributed by atoms with Crippen LogP contribution >= 0.6 is 11.6 Å². The fraction of sp³-hybridized carbons (Fsp3) is 0.391. The van der Waals surface area contributed by atoms with E-state index in [1.54, 1.807) is 0 Å². The van der Waals surface area contributed by atoms with Crippen LogP contribution in [0.5, 0.6) is 5.75 Å². The molecule has 5 nitrogen and oxygen atoms in total. The number of halogens is 7. The predicted octanol–water partition coefficient (Wildman–Crippen LogP) is 6.20. The molecule has 0 spiro atoms. The first-order chi connectivity index (χ1) is 16.0. The summed E-state index contributed by atoms with van der Waals surface area (Å²) in [7, 11) is 0. The molecule has 0 radical (unpaired) electrons. The van der Waals surface area contributed by atoms with Gasteiger partial charge in [-0.3, -0.25) is 0 Å². The second kappa shape index (κ2) is 7.86.